The van der Waals surface area contributed by atoms with E-state index in [4.69, 9.17) is 0 Å². The lowest BCUT2D eigenvalue weighted by Crippen LogP contribution is -2.39. The fourth-order valence-corrected chi connectivity index (χ4v) is 3.04. The summed E-state index contributed by atoms with van der Waals surface area (Å²) in [4.78, 5) is 15.5. The summed E-state index contributed by atoms with van der Waals surface area (Å²) >= 11 is 0. The van der Waals surface area contributed by atoms with Crippen molar-refractivity contribution in [3.63, 3.8) is 0 Å². The number of amides is 1. The van der Waals surface area contributed by atoms with E-state index in [0.29, 0.717) is 32.6 Å². The van der Waals surface area contributed by atoms with Gasteiger partial charge in [0, 0.05) is 18.8 Å². The molecule has 1 aromatic carbocycles. The van der Waals surface area contributed by atoms with Crippen LogP contribution in [0, 0.1) is 13.8 Å². The van der Waals surface area contributed by atoms with E-state index in [1.807, 2.05) is 36.9 Å². The molecule has 1 amide bonds. The molecule has 1 fully saturated rings. The van der Waals surface area contributed by atoms with Crippen LogP contribution in [-0.4, -0.2) is 61.2 Å². The van der Waals surface area contributed by atoms with E-state index in [2.05, 4.69) is 5.32 Å². The van der Waals surface area contributed by atoms with Crippen molar-refractivity contribution in [2.45, 2.75) is 26.4 Å². The third-order valence-corrected chi connectivity index (χ3v) is 3.96. The zero-order valence-corrected chi connectivity index (χ0v) is 14.1. The normalized spacial score (nSPS) is 17.5. The Balaban J connectivity index is 1.83. The lowest BCUT2D eigenvalue weighted by molar-refractivity contribution is -0.145. The molecule has 0 saturated carbocycles. The number of carbonyl (C=O) groups excluding carboxylic acids is 1. The van der Waals surface area contributed by atoms with Crippen LogP contribution in [0.5, 0.6) is 0 Å². The van der Waals surface area contributed by atoms with Gasteiger partial charge in [-0.05, 0) is 56.6 Å². The summed E-state index contributed by atoms with van der Waals surface area (Å²) in [6.07, 6.45) is -3.54. The molecule has 4 nitrogen and oxygen atoms in total. The maximum absolute atomic E-state index is 12.5. The van der Waals surface area contributed by atoms with Crippen LogP contribution in [0.1, 0.15) is 17.5 Å². The summed E-state index contributed by atoms with van der Waals surface area (Å²) < 4.78 is 37.4. The van der Waals surface area contributed by atoms with Gasteiger partial charge in [-0.15, -0.1) is 0 Å². The molecular formula is C17H24F3N3O. The van der Waals surface area contributed by atoms with Gasteiger partial charge in [0.2, 0.25) is 5.91 Å². The Morgan fingerprint density at radius 3 is 2.25 bits per heavy atom. The molecular weight excluding hydrogens is 319 g/mol. The zero-order valence-electron chi connectivity index (χ0n) is 14.1. The van der Waals surface area contributed by atoms with Gasteiger partial charge in [-0.3, -0.25) is 14.6 Å². The largest absolute Gasteiger partial charge is 0.401 e. The number of aryl methyl sites for hydroxylation is 2. The van der Waals surface area contributed by atoms with E-state index in [9.17, 15) is 18.0 Å². The van der Waals surface area contributed by atoms with Gasteiger partial charge in [0.05, 0.1) is 13.1 Å². The van der Waals surface area contributed by atoms with Gasteiger partial charge in [0.15, 0.2) is 0 Å². The van der Waals surface area contributed by atoms with E-state index >= 15 is 0 Å². The minimum atomic E-state index is -4.17. The van der Waals surface area contributed by atoms with Crippen LogP contribution in [0.2, 0.25) is 0 Å². The molecule has 1 aromatic rings. The SMILES string of the molecule is Cc1cc(C)cc(NC(=O)CN2CCCN(CC(F)(F)F)CC2)c1. The molecule has 7 heteroatoms. The van der Waals surface area contributed by atoms with E-state index in [1.165, 1.54) is 4.90 Å². The molecule has 24 heavy (non-hydrogen) atoms. The van der Waals surface area contributed by atoms with Crippen molar-refractivity contribution < 1.29 is 18.0 Å². The first-order valence-corrected chi connectivity index (χ1v) is 8.11. The molecule has 1 aliphatic rings. The first-order valence-electron chi connectivity index (χ1n) is 8.11. The zero-order chi connectivity index (χ0) is 17.7. The van der Waals surface area contributed by atoms with Crippen LogP contribution in [-0.2, 0) is 4.79 Å². The van der Waals surface area contributed by atoms with Gasteiger partial charge >= 0.3 is 6.18 Å². The van der Waals surface area contributed by atoms with E-state index in [1.54, 1.807) is 0 Å². The van der Waals surface area contributed by atoms with Gasteiger partial charge in [-0.1, -0.05) is 6.07 Å². The topological polar surface area (TPSA) is 35.6 Å². The van der Waals surface area contributed by atoms with Crippen molar-refractivity contribution in [2.75, 3.05) is 44.6 Å². The highest BCUT2D eigenvalue weighted by Crippen LogP contribution is 2.18. The third kappa shape index (κ3) is 6.49. The maximum Gasteiger partial charge on any atom is 0.401 e. The van der Waals surface area contributed by atoms with Crippen LogP contribution >= 0.6 is 0 Å². The highest BCUT2D eigenvalue weighted by Gasteiger charge is 2.31. The molecule has 0 unspecified atom stereocenters. The van der Waals surface area contributed by atoms with Crippen molar-refractivity contribution in [2.24, 2.45) is 0 Å². The molecule has 1 saturated heterocycles. The number of halogens is 3. The summed E-state index contributed by atoms with van der Waals surface area (Å²) in [7, 11) is 0. The molecule has 134 valence electrons. The highest BCUT2D eigenvalue weighted by atomic mass is 19.4. The van der Waals surface area contributed by atoms with Crippen LogP contribution < -0.4 is 5.32 Å². The van der Waals surface area contributed by atoms with Crippen LogP contribution in [0.3, 0.4) is 0 Å². The summed E-state index contributed by atoms with van der Waals surface area (Å²) in [5.74, 6) is -0.135. The smallest absolute Gasteiger partial charge is 0.325 e. The number of nitrogens with one attached hydrogen (secondary N) is 1. The minimum absolute atomic E-state index is 0.135. The van der Waals surface area contributed by atoms with Crippen molar-refractivity contribution in [1.29, 1.82) is 0 Å². The van der Waals surface area contributed by atoms with Crippen LogP contribution in [0.15, 0.2) is 18.2 Å². The second-order valence-corrected chi connectivity index (χ2v) is 6.45. The first-order chi connectivity index (χ1) is 11.2. The van der Waals surface area contributed by atoms with E-state index < -0.39 is 12.7 Å². The minimum Gasteiger partial charge on any atom is -0.325 e. The van der Waals surface area contributed by atoms with Gasteiger partial charge in [-0.25, -0.2) is 0 Å². The Labute approximate surface area is 140 Å². The lowest BCUT2D eigenvalue weighted by atomic mass is 10.1. The molecule has 2 rings (SSSR count). The monoisotopic (exact) mass is 343 g/mol. The van der Waals surface area contributed by atoms with Crippen molar-refractivity contribution >= 4 is 11.6 Å². The molecule has 1 aliphatic heterocycles. The Morgan fingerprint density at radius 1 is 1.04 bits per heavy atom. The van der Waals surface area contributed by atoms with E-state index in [0.717, 1.165) is 16.8 Å². The average Bonchev–Trinajstić information content (AvgIpc) is 2.61. The molecule has 0 aliphatic carbocycles. The number of carbonyl (C=O) groups is 1. The summed E-state index contributed by atoms with van der Waals surface area (Å²) in [6, 6.07) is 5.83. The standard InChI is InChI=1S/C17H24F3N3O/c1-13-8-14(2)10-15(9-13)21-16(24)11-22-4-3-5-23(7-6-22)12-17(18,19)20/h8-10H,3-7,11-12H2,1-2H3,(H,21,24). The average molecular weight is 343 g/mol. The van der Waals surface area contributed by atoms with Crippen molar-refractivity contribution in [3.05, 3.63) is 29.3 Å². The van der Waals surface area contributed by atoms with Crippen LogP contribution in [0.25, 0.3) is 0 Å². The Bertz CT molecular complexity index is 554. The Morgan fingerprint density at radius 2 is 1.62 bits per heavy atom. The molecule has 0 bridgehead atoms. The third-order valence-electron chi connectivity index (χ3n) is 3.96. The quantitative estimate of drug-likeness (QED) is 0.913. The number of nitrogens with zero attached hydrogens (tertiary/aromatic N) is 2. The Kier molecular flexibility index (Phi) is 6.23. The fourth-order valence-electron chi connectivity index (χ4n) is 3.04. The molecule has 0 spiro atoms. The fraction of sp³-hybridized carbons (Fsp3) is 0.588. The number of alkyl halides is 3. The second-order valence-electron chi connectivity index (χ2n) is 6.45. The molecule has 1 heterocycles. The van der Waals surface area contributed by atoms with Gasteiger partial charge in [0.25, 0.3) is 0 Å². The Hall–Kier alpha value is -1.60. The highest BCUT2D eigenvalue weighted by molar-refractivity contribution is 5.92. The predicted octanol–water partition coefficient (Wildman–Crippen LogP) is 2.81. The van der Waals surface area contributed by atoms with Gasteiger partial charge < -0.3 is 5.32 Å². The van der Waals surface area contributed by atoms with Crippen LogP contribution in [0.4, 0.5) is 18.9 Å². The molecule has 1 N–H and O–H groups in total. The van der Waals surface area contributed by atoms with E-state index in [-0.39, 0.29) is 12.5 Å². The summed E-state index contributed by atoms with van der Waals surface area (Å²) in [6.45, 7) is 5.10. The van der Waals surface area contributed by atoms with Crippen molar-refractivity contribution in [3.8, 4) is 0 Å². The molecule has 0 atom stereocenters. The number of hydrogen-bond donors (Lipinski definition) is 1. The molecule has 0 radical (unpaired) electrons. The van der Waals surface area contributed by atoms with Crippen molar-refractivity contribution in [1.82, 2.24) is 9.80 Å². The molecule has 0 aromatic heterocycles. The summed E-state index contributed by atoms with van der Waals surface area (Å²) in [5.41, 5.74) is 2.90. The number of rotatable bonds is 4. The second kappa shape index (κ2) is 7.98. The number of hydrogen-bond acceptors (Lipinski definition) is 3. The number of benzene rings is 1. The van der Waals surface area contributed by atoms with Gasteiger partial charge in [0.1, 0.15) is 0 Å². The predicted molar refractivity (Wildman–Crippen MR) is 88.1 cm³/mol. The maximum atomic E-state index is 12.5. The first kappa shape index (κ1) is 18.7. The summed E-state index contributed by atoms with van der Waals surface area (Å²) in [5, 5.41) is 2.87. The lowest BCUT2D eigenvalue weighted by Gasteiger charge is -2.22. The van der Waals surface area contributed by atoms with Gasteiger partial charge in [-0.2, -0.15) is 13.2 Å². The number of anilines is 1.